The Morgan fingerprint density at radius 3 is 2.86 bits per heavy atom. The predicted molar refractivity (Wildman–Crippen MR) is 74.4 cm³/mol. The second kappa shape index (κ2) is 5.95. The van der Waals surface area contributed by atoms with Crippen molar-refractivity contribution in [2.45, 2.75) is 5.03 Å². The number of anilines is 1. The van der Waals surface area contributed by atoms with Crippen LogP contribution in [-0.2, 0) is 17.1 Å². The second-order valence-electron chi connectivity index (χ2n) is 4.13. The Morgan fingerprint density at radius 1 is 1.48 bits per heavy atom. The molecule has 0 aliphatic carbocycles. The first-order valence-corrected chi connectivity index (χ1v) is 7.31. The molecule has 1 aromatic carbocycles. The number of aromatic nitrogens is 2. The summed E-state index contributed by atoms with van der Waals surface area (Å²) in [6.07, 6.45) is 2.69. The SMILES string of the molecule is Cn1cnc(S(=O)(=O)Nc2ccc(F)cc2C#CCO)c1. The lowest BCUT2D eigenvalue weighted by Crippen LogP contribution is -2.14. The van der Waals surface area contributed by atoms with Crippen LogP contribution < -0.4 is 4.72 Å². The fourth-order valence-corrected chi connectivity index (χ4v) is 2.63. The Bertz CT molecular complexity index is 819. The minimum atomic E-state index is -3.89. The molecular formula is C13H12FN3O3S. The molecule has 0 aliphatic heterocycles. The van der Waals surface area contributed by atoms with E-state index in [4.69, 9.17) is 5.11 Å². The van der Waals surface area contributed by atoms with E-state index in [1.54, 1.807) is 7.05 Å². The van der Waals surface area contributed by atoms with Crippen molar-refractivity contribution in [3.8, 4) is 11.8 Å². The molecule has 0 bridgehead atoms. The van der Waals surface area contributed by atoms with Crippen molar-refractivity contribution in [3.05, 3.63) is 42.1 Å². The van der Waals surface area contributed by atoms with E-state index in [1.807, 2.05) is 0 Å². The minimum Gasteiger partial charge on any atom is -0.384 e. The van der Waals surface area contributed by atoms with Gasteiger partial charge in [0.1, 0.15) is 12.4 Å². The molecule has 0 unspecified atom stereocenters. The highest BCUT2D eigenvalue weighted by Gasteiger charge is 2.18. The number of benzene rings is 1. The molecule has 0 amide bonds. The molecule has 21 heavy (non-hydrogen) atoms. The maximum absolute atomic E-state index is 13.2. The molecule has 0 atom stereocenters. The topological polar surface area (TPSA) is 84.2 Å². The Hall–Kier alpha value is -2.37. The predicted octanol–water partition coefficient (Wildman–Crippen LogP) is 0.704. The highest BCUT2D eigenvalue weighted by molar-refractivity contribution is 7.92. The average Bonchev–Trinajstić information content (AvgIpc) is 2.86. The molecule has 0 fully saturated rings. The number of nitrogens with zero attached hydrogens (tertiary/aromatic N) is 2. The van der Waals surface area contributed by atoms with E-state index >= 15 is 0 Å². The van der Waals surface area contributed by atoms with Gasteiger partial charge in [0, 0.05) is 13.2 Å². The van der Waals surface area contributed by atoms with E-state index in [0.29, 0.717) is 0 Å². The van der Waals surface area contributed by atoms with Gasteiger partial charge in [0.05, 0.1) is 17.6 Å². The van der Waals surface area contributed by atoms with Crippen molar-refractivity contribution in [1.82, 2.24) is 9.55 Å². The zero-order chi connectivity index (χ0) is 15.5. The summed E-state index contributed by atoms with van der Waals surface area (Å²) in [7, 11) is -2.25. The summed E-state index contributed by atoms with van der Waals surface area (Å²) in [5.41, 5.74) is 0.242. The van der Waals surface area contributed by atoms with E-state index in [2.05, 4.69) is 21.5 Å². The molecule has 2 N–H and O–H groups in total. The lowest BCUT2D eigenvalue weighted by atomic mass is 10.2. The number of hydrogen-bond donors (Lipinski definition) is 2. The molecule has 1 aromatic heterocycles. The highest BCUT2D eigenvalue weighted by Crippen LogP contribution is 2.19. The summed E-state index contributed by atoms with van der Waals surface area (Å²) in [6.45, 7) is -0.414. The zero-order valence-corrected chi connectivity index (χ0v) is 11.9. The lowest BCUT2D eigenvalue weighted by molar-refractivity contribution is 0.350. The first kappa shape index (κ1) is 15.0. The summed E-state index contributed by atoms with van der Waals surface area (Å²) in [5, 5.41) is 8.53. The van der Waals surface area contributed by atoms with Gasteiger partial charge in [-0.15, -0.1) is 0 Å². The van der Waals surface area contributed by atoms with E-state index in [-0.39, 0.29) is 16.3 Å². The van der Waals surface area contributed by atoms with Gasteiger partial charge < -0.3 is 9.67 Å². The van der Waals surface area contributed by atoms with Gasteiger partial charge >= 0.3 is 0 Å². The van der Waals surface area contributed by atoms with E-state index in [1.165, 1.54) is 23.2 Å². The number of nitrogens with one attached hydrogen (secondary N) is 1. The second-order valence-corrected chi connectivity index (χ2v) is 5.76. The largest absolute Gasteiger partial charge is 0.384 e. The summed E-state index contributed by atoms with van der Waals surface area (Å²) in [5.74, 6) is 4.28. The number of halogens is 1. The molecule has 2 aromatic rings. The van der Waals surface area contributed by atoms with Gasteiger partial charge in [-0.1, -0.05) is 11.8 Å². The summed E-state index contributed by atoms with van der Waals surface area (Å²) >= 11 is 0. The zero-order valence-electron chi connectivity index (χ0n) is 11.0. The van der Waals surface area contributed by atoms with Crippen molar-refractivity contribution in [2.24, 2.45) is 7.05 Å². The van der Waals surface area contributed by atoms with Crippen molar-refractivity contribution >= 4 is 15.7 Å². The van der Waals surface area contributed by atoms with E-state index < -0.39 is 22.4 Å². The van der Waals surface area contributed by atoms with Gasteiger partial charge in [-0.25, -0.2) is 9.37 Å². The summed E-state index contributed by atoms with van der Waals surface area (Å²) in [4.78, 5) is 3.76. The first-order chi connectivity index (χ1) is 9.92. The molecule has 110 valence electrons. The van der Waals surface area contributed by atoms with Crippen LogP contribution in [0.4, 0.5) is 10.1 Å². The van der Waals surface area contributed by atoms with Crippen LogP contribution in [0.15, 0.2) is 35.7 Å². The van der Waals surface area contributed by atoms with E-state index in [0.717, 1.165) is 12.1 Å². The van der Waals surface area contributed by atoms with Crippen LogP contribution in [0.1, 0.15) is 5.56 Å². The van der Waals surface area contributed by atoms with Gasteiger partial charge in [0.15, 0.2) is 5.03 Å². The molecule has 0 saturated carbocycles. The molecule has 2 rings (SSSR count). The van der Waals surface area contributed by atoms with Crippen molar-refractivity contribution < 1.29 is 17.9 Å². The van der Waals surface area contributed by atoms with Crippen LogP contribution in [0.3, 0.4) is 0 Å². The molecule has 8 heteroatoms. The molecular weight excluding hydrogens is 297 g/mol. The maximum Gasteiger partial charge on any atom is 0.280 e. The molecule has 6 nitrogen and oxygen atoms in total. The number of hydrogen-bond acceptors (Lipinski definition) is 4. The molecule has 0 saturated heterocycles. The van der Waals surface area contributed by atoms with Crippen LogP contribution in [-0.4, -0.2) is 29.7 Å². The third kappa shape index (κ3) is 3.59. The smallest absolute Gasteiger partial charge is 0.280 e. The summed E-state index contributed by atoms with van der Waals surface area (Å²) < 4.78 is 41.3. The van der Waals surface area contributed by atoms with Gasteiger partial charge in [-0.05, 0) is 18.2 Å². The van der Waals surface area contributed by atoms with Crippen LogP contribution in [0.5, 0.6) is 0 Å². The van der Waals surface area contributed by atoms with Gasteiger partial charge in [-0.3, -0.25) is 4.72 Å². The quantitative estimate of drug-likeness (QED) is 0.818. The third-order valence-electron chi connectivity index (χ3n) is 2.48. The number of imidazole rings is 1. The fraction of sp³-hybridized carbons (Fsp3) is 0.154. The van der Waals surface area contributed by atoms with Gasteiger partial charge in [-0.2, -0.15) is 8.42 Å². The Balaban J connectivity index is 2.39. The first-order valence-electron chi connectivity index (χ1n) is 5.82. The Labute approximate surface area is 121 Å². The number of aliphatic hydroxyl groups is 1. The normalized spacial score (nSPS) is 10.8. The van der Waals surface area contributed by atoms with Crippen molar-refractivity contribution in [1.29, 1.82) is 0 Å². The van der Waals surface area contributed by atoms with E-state index in [9.17, 15) is 12.8 Å². The van der Waals surface area contributed by atoms with Crippen LogP contribution >= 0.6 is 0 Å². The lowest BCUT2D eigenvalue weighted by Gasteiger charge is -2.08. The van der Waals surface area contributed by atoms with Crippen molar-refractivity contribution in [3.63, 3.8) is 0 Å². The average molecular weight is 309 g/mol. The highest BCUT2D eigenvalue weighted by atomic mass is 32.2. The molecule has 0 spiro atoms. The van der Waals surface area contributed by atoms with Crippen LogP contribution in [0, 0.1) is 17.7 Å². The number of sulfonamides is 1. The van der Waals surface area contributed by atoms with Crippen LogP contribution in [0.25, 0.3) is 0 Å². The van der Waals surface area contributed by atoms with Gasteiger partial charge in [0.2, 0.25) is 0 Å². The van der Waals surface area contributed by atoms with Crippen LogP contribution in [0.2, 0.25) is 0 Å². The molecule has 0 aliphatic rings. The minimum absolute atomic E-state index is 0.114. The Kier molecular flexibility index (Phi) is 4.26. The monoisotopic (exact) mass is 309 g/mol. The number of aryl methyl sites for hydroxylation is 1. The van der Waals surface area contributed by atoms with Gasteiger partial charge in [0.25, 0.3) is 10.0 Å². The number of aliphatic hydroxyl groups excluding tert-OH is 1. The molecule has 0 radical (unpaired) electrons. The summed E-state index contributed by atoms with van der Waals surface area (Å²) in [6, 6.07) is 3.45. The number of rotatable bonds is 3. The maximum atomic E-state index is 13.2. The standard InChI is InChI=1S/C13H12FN3O3S/c1-17-8-13(15-9-17)21(19,20)16-12-5-4-11(14)7-10(12)3-2-6-18/h4-5,7-9,16,18H,6H2,1H3. The fourth-order valence-electron chi connectivity index (χ4n) is 1.57. The third-order valence-corrected chi connectivity index (χ3v) is 3.73. The molecule has 1 heterocycles. The van der Waals surface area contributed by atoms with Crippen molar-refractivity contribution in [2.75, 3.05) is 11.3 Å². The Morgan fingerprint density at radius 2 is 2.24 bits per heavy atom.